The quantitative estimate of drug-likeness (QED) is 0.0321. The van der Waals surface area contributed by atoms with E-state index in [1.165, 1.54) is 199 Å². The van der Waals surface area contributed by atoms with E-state index in [2.05, 4.69) is 31.3 Å². The predicted octanol–water partition coefficient (Wildman–Crippen LogP) is 16.7. The minimum Gasteiger partial charge on any atom is -0.466 e. The Morgan fingerprint density at radius 2 is 0.774 bits per heavy atom. The number of hydrogen-bond donors (Lipinski definition) is 3. The molecule has 0 saturated heterocycles. The number of aliphatic hydroxyl groups excluding tert-OH is 2. The van der Waals surface area contributed by atoms with E-state index in [1.807, 2.05) is 6.08 Å². The van der Waals surface area contributed by atoms with Gasteiger partial charge in [-0.2, -0.15) is 0 Å². The fourth-order valence-electron chi connectivity index (χ4n) is 8.46. The molecule has 2 unspecified atom stereocenters. The van der Waals surface area contributed by atoms with Crippen molar-refractivity contribution in [3.05, 3.63) is 24.3 Å². The summed E-state index contributed by atoms with van der Waals surface area (Å²) in [4.78, 5) is 24.4. The van der Waals surface area contributed by atoms with Crippen LogP contribution in [0.1, 0.15) is 296 Å². The van der Waals surface area contributed by atoms with Crippen LogP contribution in [-0.4, -0.2) is 47.4 Å². The summed E-state index contributed by atoms with van der Waals surface area (Å²) in [5.41, 5.74) is 0. The minimum atomic E-state index is -0.875. The van der Waals surface area contributed by atoms with E-state index in [0.29, 0.717) is 19.4 Å². The first kappa shape index (κ1) is 60.3. The number of rotatable bonds is 51. The van der Waals surface area contributed by atoms with Crippen molar-refractivity contribution < 1.29 is 24.5 Å². The number of carbonyl (C=O) groups is 2. The maximum Gasteiger partial charge on any atom is 0.305 e. The summed E-state index contributed by atoms with van der Waals surface area (Å²) < 4.78 is 5.42. The molecule has 0 aliphatic carbocycles. The van der Waals surface area contributed by atoms with Crippen LogP contribution in [0, 0.1) is 0 Å². The standard InChI is InChI=1S/C56H107NO5/c1-3-5-7-9-11-13-15-16-17-18-19-20-21-22-23-24-25-26-27-28-30-32-36-40-44-48-54(59)53(52-58)57-55(60)49-45-41-37-33-31-35-39-43-47-51-62-56(61)50-46-42-38-34-29-14-12-10-8-6-4-2/h33,37,44,48,53-54,58-59H,3-32,34-36,38-43,45-47,49-52H2,1-2H3,(H,57,60)/b37-33-,48-44+. The number of amides is 1. The SMILES string of the molecule is CCCCCCCCCCCCCCCCCCCCCCCCC/C=C/C(O)C(CO)NC(=O)CCC/C=C\CCCCCCOC(=O)CCCCCCCCCCCCC. The number of aliphatic hydroxyl groups is 2. The Labute approximate surface area is 386 Å². The second-order valence-corrected chi connectivity index (χ2v) is 18.9. The summed E-state index contributed by atoms with van der Waals surface area (Å²) in [5.74, 6) is -0.164. The van der Waals surface area contributed by atoms with Gasteiger partial charge in [-0.3, -0.25) is 9.59 Å². The number of allylic oxidation sites excluding steroid dienone is 3. The molecule has 1 amide bonds. The predicted molar refractivity (Wildman–Crippen MR) is 269 cm³/mol. The van der Waals surface area contributed by atoms with Crippen molar-refractivity contribution in [1.82, 2.24) is 5.32 Å². The zero-order chi connectivity index (χ0) is 45.1. The number of esters is 1. The van der Waals surface area contributed by atoms with Gasteiger partial charge in [0.15, 0.2) is 0 Å². The van der Waals surface area contributed by atoms with Gasteiger partial charge in [-0.1, -0.05) is 256 Å². The van der Waals surface area contributed by atoms with Crippen LogP contribution in [0.4, 0.5) is 0 Å². The normalized spacial score (nSPS) is 12.8. The van der Waals surface area contributed by atoms with Gasteiger partial charge in [0, 0.05) is 12.8 Å². The Morgan fingerprint density at radius 1 is 0.435 bits per heavy atom. The van der Waals surface area contributed by atoms with Crippen LogP contribution in [0.3, 0.4) is 0 Å². The van der Waals surface area contributed by atoms with Gasteiger partial charge in [0.05, 0.1) is 25.4 Å². The molecule has 0 rings (SSSR count). The third-order valence-electron chi connectivity index (χ3n) is 12.7. The Balaban J connectivity index is 3.55. The summed E-state index contributed by atoms with van der Waals surface area (Å²) in [6, 6.07) is -0.665. The smallest absolute Gasteiger partial charge is 0.305 e. The molecule has 0 saturated carbocycles. The molecule has 0 bridgehead atoms. The van der Waals surface area contributed by atoms with Gasteiger partial charge in [0.1, 0.15) is 0 Å². The first-order chi connectivity index (χ1) is 30.5. The lowest BCUT2D eigenvalue weighted by molar-refractivity contribution is -0.143. The number of ether oxygens (including phenoxy) is 1. The molecule has 62 heavy (non-hydrogen) atoms. The van der Waals surface area contributed by atoms with Gasteiger partial charge < -0.3 is 20.3 Å². The van der Waals surface area contributed by atoms with Crippen molar-refractivity contribution in [3.8, 4) is 0 Å². The molecule has 0 aliphatic heterocycles. The highest BCUT2D eigenvalue weighted by atomic mass is 16.5. The number of carbonyl (C=O) groups excluding carboxylic acids is 2. The highest BCUT2D eigenvalue weighted by molar-refractivity contribution is 5.76. The van der Waals surface area contributed by atoms with Crippen molar-refractivity contribution in [2.45, 2.75) is 309 Å². The third kappa shape index (κ3) is 47.8. The van der Waals surface area contributed by atoms with Gasteiger partial charge >= 0.3 is 5.97 Å². The Hall–Kier alpha value is -1.66. The van der Waals surface area contributed by atoms with Gasteiger partial charge in [-0.15, -0.1) is 0 Å². The number of unbranched alkanes of at least 4 members (excludes halogenated alkanes) is 38. The van der Waals surface area contributed by atoms with Crippen LogP contribution < -0.4 is 5.32 Å². The minimum absolute atomic E-state index is 0.0378. The molecule has 3 N–H and O–H groups in total. The maximum absolute atomic E-state index is 12.4. The molecule has 2 atom stereocenters. The molecule has 366 valence electrons. The molecule has 6 heteroatoms. The molecular weight excluding hydrogens is 767 g/mol. The van der Waals surface area contributed by atoms with Crippen molar-refractivity contribution in [2.75, 3.05) is 13.2 Å². The average Bonchev–Trinajstić information content (AvgIpc) is 3.27. The van der Waals surface area contributed by atoms with E-state index in [-0.39, 0.29) is 18.5 Å². The fraction of sp³-hybridized carbons (Fsp3) is 0.893. The van der Waals surface area contributed by atoms with E-state index in [1.54, 1.807) is 6.08 Å². The molecule has 0 fully saturated rings. The molecule has 6 nitrogen and oxygen atoms in total. The maximum atomic E-state index is 12.4. The van der Waals surface area contributed by atoms with Gasteiger partial charge in [-0.05, 0) is 51.4 Å². The van der Waals surface area contributed by atoms with E-state index in [0.717, 1.165) is 70.6 Å². The Kier molecular flexibility index (Phi) is 50.6. The summed E-state index contributed by atoms with van der Waals surface area (Å²) in [6.07, 6.45) is 62.1. The lowest BCUT2D eigenvalue weighted by Gasteiger charge is -2.19. The molecule has 0 aliphatic rings. The van der Waals surface area contributed by atoms with Crippen LogP contribution in [0.5, 0.6) is 0 Å². The molecule has 0 heterocycles. The average molecular weight is 874 g/mol. The second kappa shape index (κ2) is 52.0. The first-order valence-electron chi connectivity index (χ1n) is 27.6. The lowest BCUT2D eigenvalue weighted by Crippen LogP contribution is -2.45. The topological polar surface area (TPSA) is 95.9 Å². The molecule has 0 radical (unpaired) electrons. The van der Waals surface area contributed by atoms with Crippen LogP contribution in [0.2, 0.25) is 0 Å². The highest BCUT2D eigenvalue weighted by Crippen LogP contribution is 2.17. The van der Waals surface area contributed by atoms with Crippen molar-refractivity contribution in [2.24, 2.45) is 0 Å². The third-order valence-corrected chi connectivity index (χ3v) is 12.7. The molecule has 0 spiro atoms. The van der Waals surface area contributed by atoms with Crippen LogP contribution >= 0.6 is 0 Å². The van der Waals surface area contributed by atoms with E-state index >= 15 is 0 Å². The van der Waals surface area contributed by atoms with Crippen LogP contribution in [0.15, 0.2) is 24.3 Å². The van der Waals surface area contributed by atoms with Crippen LogP contribution in [0.25, 0.3) is 0 Å². The fourth-order valence-corrected chi connectivity index (χ4v) is 8.46. The molecule has 0 aromatic rings. The van der Waals surface area contributed by atoms with Gasteiger partial charge in [0.25, 0.3) is 0 Å². The monoisotopic (exact) mass is 874 g/mol. The number of hydrogen-bond acceptors (Lipinski definition) is 5. The second-order valence-electron chi connectivity index (χ2n) is 18.9. The largest absolute Gasteiger partial charge is 0.466 e. The summed E-state index contributed by atoms with van der Waals surface area (Å²) in [7, 11) is 0. The Morgan fingerprint density at radius 3 is 1.18 bits per heavy atom. The van der Waals surface area contributed by atoms with E-state index < -0.39 is 12.1 Å². The Bertz CT molecular complexity index is 966. The number of nitrogens with one attached hydrogen (secondary N) is 1. The zero-order valence-corrected chi connectivity index (χ0v) is 41.6. The van der Waals surface area contributed by atoms with Crippen molar-refractivity contribution in [3.63, 3.8) is 0 Å². The summed E-state index contributed by atoms with van der Waals surface area (Å²) in [5, 5.41) is 23.1. The van der Waals surface area contributed by atoms with E-state index in [4.69, 9.17) is 4.74 Å². The van der Waals surface area contributed by atoms with Crippen LogP contribution in [-0.2, 0) is 14.3 Å². The van der Waals surface area contributed by atoms with Crippen molar-refractivity contribution in [1.29, 1.82) is 0 Å². The van der Waals surface area contributed by atoms with E-state index in [9.17, 15) is 19.8 Å². The summed E-state index contributed by atoms with van der Waals surface area (Å²) in [6.45, 7) is 4.82. The molecule has 0 aromatic heterocycles. The highest BCUT2D eigenvalue weighted by Gasteiger charge is 2.18. The molecule has 0 aromatic carbocycles. The first-order valence-corrected chi connectivity index (χ1v) is 27.6. The zero-order valence-electron chi connectivity index (χ0n) is 41.6. The lowest BCUT2D eigenvalue weighted by atomic mass is 10.0. The van der Waals surface area contributed by atoms with Gasteiger partial charge in [-0.25, -0.2) is 0 Å². The van der Waals surface area contributed by atoms with Gasteiger partial charge in [0.2, 0.25) is 5.91 Å². The molecular formula is C56H107NO5. The van der Waals surface area contributed by atoms with Crippen molar-refractivity contribution >= 4 is 11.9 Å². The summed E-state index contributed by atoms with van der Waals surface area (Å²) >= 11 is 0.